The van der Waals surface area contributed by atoms with E-state index in [0.29, 0.717) is 30.1 Å². The van der Waals surface area contributed by atoms with E-state index in [0.717, 1.165) is 30.7 Å². The zero-order chi connectivity index (χ0) is 25.8. The molecule has 2 N–H and O–H groups in total. The van der Waals surface area contributed by atoms with Gasteiger partial charge < -0.3 is 24.8 Å². The minimum absolute atomic E-state index is 0.0124. The van der Waals surface area contributed by atoms with Crippen LogP contribution in [-0.2, 0) is 11.3 Å². The van der Waals surface area contributed by atoms with Crippen molar-refractivity contribution in [1.29, 1.82) is 0 Å². The molecule has 36 heavy (non-hydrogen) atoms. The van der Waals surface area contributed by atoms with Crippen LogP contribution in [0.2, 0.25) is 0 Å². The molecule has 8 nitrogen and oxygen atoms in total. The Labute approximate surface area is 213 Å². The highest BCUT2D eigenvalue weighted by Crippen LogP contribution is 2.37. The summed E-state index contributed by atoms with van der Waals surface area (Å²) in [5, 5.41) is 12.8. The third kappa shape index (κ3) is 5.99. The number of benzene rings is 2. The SMILES string of the molecule is COc1ccc(CN(C)C[C@H]2Oc3c(NC(=O)C4CC4)cccc3C(=O)N([C@@H](C)CO)C[C@H]2C)cc1. The highest BCUT2D eigenvalue weighted by Gasteiger charge is 2.36. The van der Waals surface area contributed by atoms with Gasteiger partial charge in [0.15, 0.2) is 5.75 Å². The first-order chi connectivity index (χ1) is 17.3. The number of aliphatic hydroxyl groups excluding tert-OH is 1. The molecule has 2 aliphatic rings. The predicted molar refractivity (Wildman–Crippen MR) is 138 cm³/mol. The van der Waals surface area contributed by atoms with Crippen LogP contribution in [0, 0.1) is 11.8 Å². The number of nitrogens with one attached hydrogen (secondary N) is 1. The summed E-state index contributed by atoms with van der Waals surface area (Å²) in [7, 11) is 3.69. The Morgan fingerprint density at radius 3 is 2.61 bits per heavy atom. The van der Waals surface area contributed by atoms with E-state index in [2.05, 4.69) is 17.1 Å². The predicted octanol–water partition coefficient (Wildman–Crippen LogP) is 3.40. The van der Waals surface area contributed by atoms with Crippen molar-refractivity contribution in [3.05, 3.63) is 53.6 Å². The van der Waals surface area contributed by atoms with E-state index in [9.17, 15) is 14.7 Å². The second kappa shape index (κ2) is 11.3. The van der Waals surface area contributed by atoms with Crippen LogP contribution in [0.25, 0.3) is 0 Å². The number of fused-ring (bicyclic) bond motifs is 1. The molecule has 2 aromatic rings. The first-order valence-corrected chi connectivity index (χ1v) is 12.6. The van der Waals surface area contributed by atoms with Crippen molar-refractivity contribution in [2.24, 2.45) is 11.8 Å². The molecule has 8 heteroatoms. The Morgan fingerprint density at radius 1 is 1.25 bits per heavy atom. The molecule has 1 saturated carbocycles. The molecule has 0 radical (unpaired) electrons. The maximum absolute atomic E-state index is 13.5. The number of likely N-dealkylation sites (N-methyl/N-ethyl adjacent to an activating group) is 1. The average molecular weight is 496 g/mol. The molecule has 0 aromatic heterocycles. The first kappa shape index (κ1) is 26.0. The molecule has 0 bridgehead atoms. The van der Waals surface area contributed by atoms with Gasteiger partial charge in [0.2, 0.25) is 5.91 Å². The van der Waals surface area contributed by atoms with Gasteiger partial charge in [-0.3, -0.25) is 14.5 Å². The van der Waals surface area contributed by atoms with Crippen molar-refractivity contribution in [1.82, 2.24) is 9.80 Å². The summed E-state index contributed by atoms with van der Waals surface area (Å²) in [6.07, 6.45) is 1.53. The van der Waals surface area contributed by atoms with E-state index in [-0.39, 0.29) is 42.4 Å². The fourth-order valence-electron chi connectivity index (χ4n) is 4.55. The average Bonchev–Trinajstić information content (AvgIpc) is 3.72. The number of aliphatic hydroxyl groups is 1. The second-order valence-electron chi connectivity index (χ2n) is 10.1. The van der Waals surface area contributed by atoms with E-state index >= 15 is 0 Å². The van der Waals surface area contributed by atoms with Gasteiger partial charge in [0, 0.05) is 31.5 Å². The number of para-hydroxylation sites is 1. The van der Waals surface area contributed by atoms with Crippen LogP contribution in [-0.4, -0.2) is 72.7 Å². The fraction of sp³-hybridized carbons (Fsp3) is 0.500. The van der Waals surface area contributed by atoms with Gasteiger partial charge in [-0.2, -0.15) is 0 Å². The first-order valence-electron chi connectivity index (χ1n) is 12.6. The molecule has 1 aliphatic carbocycles. The van der Waals surface area contributed by atoms with Crippen LogP contribution in [0.4, 0.5) is 5.69 Å². The van der Waals surface area contributed by atoms with Crippen molar-refractivity contribution >= 4 is 17.5 Å². The molecule has 2 amide bonds. The van der Waals surface area contributed by atoms with Gasteiger partial charge in [-0.25, -0.2) is 0 Å². The summed E-state index contributed by atoms with van der Waals surface area (Å²) in [6, 6.07) is 12.9. The van der Waals surface area contributed by atoms with Gasteiger partial charge >= 0.3 is 0 Å². The summed E-state index contributed by atoms with van der Waals surface area (Å²) < 4.78 is 11.8. The van der Waals surface area contributed by atoms with Crippen molar-refractivity contribution in [2.45, 2.75) is 45.4 Å². The smallest absolute Gasteiger partial charge is 0.258 e. The van der Waals surface area contributed by atoms with Crippen LogP contribution < -0.4 is 14.8 Å². The Morgan fingerprint density at radius 2 is 1.97 bits per heavy atom. The third-order valence-corrected chi connectivity index (χ3v) is 7.00. The Hall–Kier alpha value is -3.10. The molecule has 2 aromatic carbocycles. The number of nitrogens with zero attached hydrogens (tertiary/aromatic N) is 2. The van der Waals surface area contributed by atoms with E-state index in [1.54, 1.807) is 30.2 Å². The molecule has 0 spiro atoms. The van der Waals surface area contributed by atoms with Crippen molar-refractivity contribution in [3.8, 4) is 11.5 Å². The Bertz CT molecular complexity index is 1070. The number of anilines is 1. The standard InChI is InChI=1S/C28H37N3O5/c1-18-14-31(19(2)17-32)28(34)23-6-5-7-24(29-27(33)21-10-11-21)26(23)36-25(18)16-30(3)15-20-8-12-22(35-4)13-9-20/h5-9,12-13,18-19,21,25,32H,10-11,14-17H2,1-4H3,(H,29,33)/t18-,19+,25-/m1/s1. The monoisotopic (exact) mass is 495 g/mol. The minimum atomic E-state index is -0.340. The number of carbonyl (C=O) groups is 2. The zero-order valence-electron chi connectivity index (χ0n) is 21.6. The maximum atomic E-state index is 13.5. The number of rotatable bonds is 9. The van der Waals surface area contributed by atoms with Gasteiger partial charge in [0.05, 0.1) is 31.0 Å². The van der Waals surface area contributed by atoms with Crippen molar-refractivity contribution in [3.63, 3.8) is 0 Å². The van der Waals surface area contributed by atoms with Gasteiger partial charge in [0.25, 0.3) is 5.91 Å². The topological polar surface area (TPSA) is 91.3 Å². The number of hydrogen-bond donors (Lipinski definition) is 2. The number of hydrogen-bond acceptors (Lipinski definition) is 6. The van der Waals surface area contributed by atoms with Crippen LogP contribution in [0.1, 0.15) is 42.6 Å². The van der Waals surface area contributed by atoms with E-state index < -0.39 is 0 Å². The lowest BCUT2D eigenvalue weighted by molar-refractivity contribution is -0.117. The molecule has 1 aliphatic heterocycles. The van der Waals surface area contributed by atoms with Gasteiger partial charge in [-0.05, 0) is 56.6 Å². The van der Waals surface area contributed by atoms with E-state index in [1.807, 2.05) is 38.2 Å². The number of methoxy groups -OCH3 is 1. The van der Waals surface area contributed by atoms with Crippen molar-refractivity contribution in [2.75, 3.05) is 39.2 Å². The fourth-order valence-corrected chi connectivity index (χ4v) is 4.55. The second-order valence-corrected chi connectivity index (χ2v) is 10.1. The summed E-state index contributed by atoms with van der Waals surface area (Å²) in [5.74, 6) is 0.997. The highest BCUT2D eigenvalue weighted by atomic mass is 16.5. The van der Waals surface area contributed by atoms with E-state index in [4.69, 9.17) is 9.47 Å². The zero-order valence-corrected chi connectivity index (χ0v) is 21.6. The highest BCUT2D eigenvalue weighted by molar-refractivity contribution is 6.02. The lowest BCUT2D eigenvalue weighted by atomic mass is 9.98. The molecule has 3 atom stereocenters. The maximum Gasteiger partial charge on any atom is 0.258 e. The summed E-state index contributed by atoms with van der Waals surface area (Å²) in [6.45, 7) is 5.57. The molecule has 1 fully saturated rings. The summed E-state index contributed by atoms with van der Waals surface area (Å²) in [4.78, 5) is 30.0. The molecule has 194 valence electrons. The summed E-state index contributed by atoms with van der Waals surface area (Å²) >= 11 is 0. The normalized spacial score (nSPS) is 20.7. The van der Waals surface area contributed by atoms with Gasteiger partial charge in [0.1, 0.15) is 11.9 Å². The molecule has 0 unspecified atom stereocenters. The largest absolute Gasteiger partial charge is 0.497 e. The lowest BCUT2D eigenvalue weighted by Gasteiger charge is -2.38. The van der Waals surface area contributed by atoms with Crippen LogP contribution >= 0.6 is 0 Å². The van der Waals surface area contributed by atoms with Crippen LogP contribution in [0.15, 0.2) is 42.5 Å². The van der Waals surface area contributed by atoms with Gasteiger partial charge in [-0.1, -0.05) is 25.1 Å². The quantitative estimate of drug-likeness (QED) is 0.554. The minimum Gasteiger partial charge on any atom is -0.497 e. The Balaban J connectivity index is 1.61. The van der Waals surface area contributed by atoms with Crippen LogP contribution in [0.3, 0.4) is 0 Å². The number of amides is 2. The molecular formula is C28H37N3O5. The Kier molecular flexibility index (Phi) is 8.16. The van der Waals surface area contributed by atoms with Crippen molar-refractivity contribution < 1.29 is 24.2 Å². The van der Waals surface area contributed by atoms with E-state index in [1.165, 1.54) is 0 Å². The number of ether oxygens (including phenoxy) is 2. The van der Waals surface area contributed by atoms with Crippen LogP contribution in [0.5, 0.6) is 11.5 Å². The van der Waals surface area contributed by atoms with Gasteiger partial charge in [-0.15, -0.1) is 0 Å². The molecule has 0 saturated heterocycles. The molecule has 4 rings (SSSR count). The molecule has 1 heterocycles. The number of carbonyl (C=O) groups excluding carboxylic acids is 2. The summed E-state index contributed by atoms with van der Waals surface area (Å²) in [5.41, 5.74) is 2.07. The third-order valence-electron chi connectivity index (χ3n) is 7.00. The molecular weight excluding hydrogens is 458 g/mol. The lowest BCUT2D eigenvalue weighted by Crippen LogP contribution is -2.49.